The molecule has 2 aromatic heterocycles. The molecule has 0 aliphatic carbocycles. The Kier molecular flexibility index (Phi) is 21.7. The lowest BCUT2D eigenvalue weighted by atomic mass is 9.98. The van der Waals surface area contributed by atoms with Crippen molar-refractivity contribution in [1.29, 1.82) is 0 Å². The normalized spacial score (nSPS) is 15.8. The average molecular weight is 1100 g/mol. The number of aliphatic imine (C=N–C) groups is 1. The fourth-order valence-corrected chi connectivity index (χ4v) is 9.50. The van der Waals surface area contributed by atoms with Gasteiger partial charge < -0.3 is 74.2 Å². The van der Waals surface area contributed by atoms with Crippen molar-refractivity contribution in [2.45, 2.75) is 127 Å². The number of carboxylic acids is 1. The summed E-state index contributed by atoms with van der Waals surface area (Å²) in [5.41, 5.74) is 20.8. The zero-order chi connectivity index (χ0) is 58.0. The first-order valence-electron chi connectivity index (χ1n) is 26.7. The van der Waals surface area contributed by atoms with E-state index in [0.29, 0.717) is 23.2 Å². The van der Waals surface area contributed by atoms with Crippen molar-refractivity contribution < 1.29 is 48.6 Å². The van der Waals surface area contributed by atoms with Gasteiger partial charge in [-0.05, 0) is 78.8 Å². The number of benzene rings is 3. The standard InChI is InChI=1S/C56H74N14O10/c1-31(2)46(68-49(73)41(16-10-22-61-56(58)59)64-48(72)39(57)26-35-28-62-40-15-9-8-14-38(35)40)52(76)65-42(24-33-12-6-5-7-13-33)50(74)69-47(32(3)4)53(77)66-43(27-36-29-60-30-63-36)54(78)70-23-11-17-45(70)51(75)67-44(55(79)80)25-34-18-20-37(71)21-19-34/h5-9,12-15,18-21,28-32,39,41-47,62,71H,10-11,16-17,22-27,57H2,1-4H3,(H,60,63)(H,64,72)(H,65,76)(H,66,77)(H,67,75)(H,68,73)(H,69,74)(H,79,80)(H4,58,59,61)/t39-,41-,42-,43-,44-,45-,46-,47-/m0/s1. The summed E-state index contributed by atoms with van der Waals surface area (Å²) in [7, 11) is 0. The Balaban J connectivity index is 1.17. The Morgan fingerprint density at radius 2 is 1.29 bits per heavy atom. The van der Waals surface area contributed by atoms with E-state index in [4.69, 9.17) is 17.2 Å². The number of phenols is 1. The fourth-order valence-electron chi connectivity index (χ4n) is 9.50. The summed E-state index contributed by atoms with van der Waals surface area (Å²) >= 11 is 0. The molecule has 24 heteroatoms. The van der Waals surface area contributed by atoms with E-state index >= 15 is 0 Å². The number of aromatic amines is 2. The number of hydrogen-bond acceptors (Lipinski definition) is 12. The van der Waals surface area contributed by atoms with Crippen molar-refractivity contribution in [2.75, 3.05) is 13.1 Å². The van der Waals surface area contributed by atoms with E-state index in [-0.39, 0.29) is 69.7 Å². The predicted molar refractivity (Wildman–Crippen MR) is 298 cm³/mol. The third kappa shape index (κ3) is 17.1. The van der Waals surface area contributed by atoms with Gasteiger partial charge in [-0.3, -0.25) is 38.6 Å². The zero-order valence-corrected chi connectivity index (χ0v) is 45.3. The van der Waals surface area contributed by atoms with E-state index in [0.717, 1.165) is 16.5 Å². The van der Waals surface area contributed by atoms with Crippen LogP contribution in [-0.4, -0.2) is 145 Å². The number of aliphatic carboxylic acids is 1. The number of amides is 7. The topological polar surface area (TPSA) is 387 Å². The van der Waals surface area contributed by atoms with E-state index in [1.807, 2.05) is 24.3 Å². The first kappa shape index (κ1) is 60.4. The van der Waals surface area contributed by atoms with Gasteiger partial charge in [0, 0.05) is 61.3 Å². The third-order valence-electron chi connectivity index (χ3n) is 13.9. The molecule has 1 fully saturated rings. The van der Waals surface area contributed by atoms with E-state index in [9.17, 15) is 48.6 Å². The van der Waals surface area contributed by atoms with E-state index in [2.05, 4.69) is 51.8 Å². The number of phenolic OH excluding ortho intramolecular Hbond substituents is 1. The summed E-state index contributed by atoms with van der Waals surface area (Å²) in [5, 5.41) is 37.1. The number of likely N-dealkylation sites (tertiary alicyclic amines) is 1. The number of imidazole rings is 1. The molecule has 80 heavy (non-hydrogen) atoms. The van der Waals surface area contributed by atoms with E-state index in [1.165, 1.54) is 41.7 Å². The number of para-hydroxylation sites is 1. The highest BCUT2D eigenvalue weighted by Crippen LogP contribution is 2.22. The van der Waals surface area contributed by atoms with Crippen molar-refractivity contribution >= 4 is 64.2 Å². The van der Waals surface area contributed by atoms with E-state index in [1.54, 1.807) is 64.2 Å². The van der Waals surface area contributed by atoms with Gasteiger partial charge in [0.05, 0.1) is 12.4 Å². The number of carbonyl (C=O) groups excluding carboxylic acids is 7. The molecular weight excluding hydrogens is 1030 g/mol. The van der Waals surface area contributed by atoms with Crippen LogP contribution >= 0.6 is 0 Å². The highest BCUT2D eigenvalue weighted by molar-refractivity contribution is 5.98. The van der Waals surface area contributed by atoms with Gasteiger partial charge in [-0.1, -0.05) is 88.4 Å². The van der Waals surface area contributed by atoms with Gasteiger partial charge in [0.1, 0.15) is 48.0 Å². The number of guanidine groups is 1. The number of fused-ring (bicyclic) bond motifs is 1. The Morgan fingerprint density at radius 1 is 0.688 bits per heavy atom. The summed E-state index contributed by atoms with van der Waals surface area (Å²) in [6.07, 6.45) is 5.53. The van der Waals surface area contributed by atoms with Crippen LogP contribution < -0.4 is 49.1 Å². The molecule has 6 rings (SSSR count). The Bertz CT molecular complexity index is 2940. The zero-order valence-electron chi connectivity index (χ0n) is 45.3. The second-order valence-electron chi connectivity index (χ2n) is 20.7. The van der Waals surface area contributed by atoms with Gasteiger partial charge in [-0.2, -0.15) is 0 Å². The van der Waals surface area contributed by atoms with Crippen LogP contribution in [0.25, 0.3) is 10.9 Å². The third-order valence-corrected chi connectivity index (χ3v) is 13.9. The minimum Gasteiger partial charge on any atom is -0.508 e. The minimum absolute atomic E-state index is 0.00977. The van der Waals surface area contributed by atoms with Gasteiger partial charge >= 0.3 is 5.97 Å². The molecule has 8 atom stereocenters. The van der Waals surface area contributed by atoms with Crippen LogP contribution in [0.3, 0.4) is 0 Å². The van der Waals surface area contributed by atoms with Gasteiger partial charge in [0.15, 0.2) is 5.96 Å². The molecule has 1 aliphatic heterocycles. The van der Waals surface area contributed by atoms with Gasteiger partial charge in [0.2, 0.25) is 41.4 Å². The summed E-state index contributed by atoms with van der Waals surface area (Å²) in [6.45, 7) is 7.03. The monoisotopic (exact) mass is 1100 g/mol. The molecule has 0 unspecified atom stereocenters. The highest BCUT2D eigenvalue weighted by atomic mass is 16.4. The summed E-state index contributed by atoms with van der Waals surface area (Å²) in [6, 6.07) is 12.5. The van der Waals surface area contributed by atoms with E-state index < -0.39 is 107 Å². The van der Waals surface area contributed by atoms with Crippen LogP contribution in [0.15, 0.2) is 103 Å². The fraction of sp³-hybridized carbons (Fsp3) is 0.429. The summed E-state index contributed by atoms with van der Waals surface area (Å²) in [5.74, 6) is -7.49. The van der Waals surface area contributed by atoms with Crippen LogP contribution in [0.5, 0.6) is 5.75 Å². The van der Waals surface area contributed by atoms with Crippen molar-refractivity contribution in [3.63, 3.8) is 0 Å². The number of hydrogen-bond donors (Lipinski definition) is 13. The number of rotatable bonds is 28. The first-order chi connectivity index (χ1) is 38.2. The van der Waals surface area contributed by atoms with Crippen molar-refractivity contribution in [3.05, 3.63) is 120 Å². The van der Waals surface area contributed by atoms with Gasteiger partial charge in [-0.25, -0.2) is 9.78 Å². The molecule has 0 spiro atoms. The number of aromatic nitrogens is 3. The van der Waals surface area contributed by atoms with Crippen LogP contribution in [0.4, 0.5) is 0 Å². The number of nitrogens with zero attached hydrogens (tertiary/aromatic N) is 3. The van der Waals surface area contributed by atoms with Crippen LogP contribution in [0, 0.1) is 11.8 Å². The smallest absolute Gasteiger partial charge is 0.326 e. The molecule has 16 N–H and O–H groups in total. The lowest BCUT2D eigenvalue weighted by Gasteiger charge is -2.31. The lowest BCUT2D eigenvalue weighted by molar-refractivity contribution is -0.145. The molecule has 0 radical (unpaired) electrons. The quantitative estimate of drug-likeness (QED) is 0.0185. The summed E-state index contributed by atoms with van der Waals surface area (Å²) < 4.78 is 0. The molecule has 1 saturated heterocycles. The maximum atomic E-state index is 14.6. The Morgan fingerprint density at radius 3 is 1.91 bits per heavy atom. The average Bonchev–Trinajstić information content (AvgIpc) is 4.23. The van der Waals surface area contributed by atoms with Gasteiger partial charge in [0.25, 0.3) is 0 Å². The molecular formula is C56H74N14O10. The first-order valence-corrected chi connectivity index (χ1v) is 26.7. The predicted octanol–water partition coefficient (Wildman–Crippen LogP) is 0.544. The lowest BCUT2D eigenvalue weighted by Crippen LogP contribution is -2.62. The van der Waals surface area contributed by atoms with Crippen molar-refractivity contribution in [2.24, 2.45) is 34.0 Å². The molecule has 0 bridgehead atoms. The molecule has 7 amide bonds. The minimum atomic E-state index is -1.36. The number of carboxylic acid groups (broad SMARTS) is 1. The van der Waals surface area contributed by atoms with Crippen LogP contribution in [-0.2, 0) is 64.0 Å². The van der Waals surface area contributed by atoms with Crippen molar-refractivity contribution in [3.8, 4) is 5.75 Å². The number of H-pyrrole nitrogens is 2. The number of aromatic hydroxyl groups is 1. The largest absolute Gasteiger partial charge is 0.508 e. The molecule has 3 heterocycles. The Hall–Kier alpha value is -8.80. The number of nitrogens with one attached hydrogen (secondary N) is 8. The molecule has 428 valence electrons. The molecule has 0 saturated carbocycles. The molecule has 24 nitrogen and oxygen atoms in total. The maximum Gasteiger partial charge on any atom is 0.326 e. The molecule has 1 aliphatic rings. The van der Waals surface area contributed by atoms with Gasteiger partial charge in [-0.15, -0.1) is 0 Å². The number of carbonyl (C=O) groups is 8. The molecule has 3 aromatic carbocycles. The summed E-state index contributed by atoms with van der Waals surface area (Å²) in [4.78, 5) is 128. The SMILES string of the molecule is CC(C)[C@H](NC(=O)[C@H](CCCN=C(N)N)NC(=O)[C@@H](N)Cc1c[nH]c2ccccc12)C(=O)N[C@@H](Cc1ccccc1)C(=O)N[C@H](C(=O)N[C@@H](Cc1cnc[nH]1)C(=O)N1CCC[C@H]1C(=O)N[C@@H](Cc1ccc(O)cc1)C(=O)O)C(C)C. The van der Waals surface area contributed by atoms with Crippen molar-refractivity contribution in [1.82, 2.24) is 51.8 Å². The molecule has 5 aromatic rings. The highest BCUT2D eigenvalue weighted by Gasteiger charge is 2.41. The second kappa shape index (κ2) is 28.7. The Labute approximate surface area is 463 Å². The van der Waals surface area contributed by atoms with Crippen LogP contribution in [0.2, 0.25) is 0 Å². The maximum absolute atomic E-state index is 14.6. The second-order valence-corrected chi connectivity index (χ2v) is 20.7. The van der Waals surface area contributed by atoms with Crippen LogP contribution in [0.1, 0.15) is 75.8 Å². The number of nitrogens with two attached hydrogens (primary N) is 3.